The Bertz CT molecular complexity index is 472. The molecule has 0 heterocycles. The van der Waals surface area contributed by atoms with Gasteiger partial charge in [0.05, 0.1) is 5.60 Å². The second-order valence-electron chi connectivity index (χ2n) is 7.98. The molecular formula is C21H34O2. The van der Waals surface area contributed by atoms with Crippen LogP contribution < -0.4 is 0 Å². The normalized spacial score (nSPS) is 33.5. The average molecular weight is 319 g/mol. The first-order chi connectivity index (χ1) is 10.9. The van der Waals surface area contributed by atoms with E-state index >= 15 is 0 Å². The second-order valence-corrected chi connectivity index (χ2v) is 7.98. The minimum Gasteiger partial charge on any atom is -0.386 e. The molecule has 0 aliphatic heterocycles. The molecule has 4 atom stereocenters. The molecule has 2 saturated carbocycles. The number of allylic oxidation sites excluding steroid dienone is 3. The first kappa shape index (κ1) is 18.4. The molecule has 0 aromatic heterocycles. The third-order valence-electron chi connectivity index (χ3n) is 6.73. The van der Waals surface area contributed by atoms with Crippen LogP contribution in [-0.2, 0) is 4.79 Å². The standard InChI is InChI=1S/C21H34O2/c1-5-21(23,6-2)15-8-7-10-16(3)17-12-13-18-19(22)11-9-14-20(17,18)4/h7-8,10,15-18,23H,5-6,9,11-14H2,1-4H3/b10-7+,15-8+/t16-,17-,18+,20-/m1/s1. The molecule has 0 aromatic rings. The molecule has 0 radical (unpaired) electrons. The monoisotopic (exact) mass is 318 g/mol. The third kappa shape index (κ3) is 3.79. The van der Waals surface area contributed by atoms with E-state index in [1.807, 2.05) is 26.0 Å². The summed E-state index contributed by atoms with van der Waals surface area (Å²) in [5.41, 5.74) is -0.468. The molecular weight excluding hydrogens is 284 g/mol. The van der Waals surface area contributed by atoms with Crippen molar-refractivity contribution < 1.29 is 9.90 Å². The maximum absolute atomic E-state index is 12.2. The summed E-state index contributed by atoms with van der Waals surface area (Å²) in [7, 11) is 0. The number of carbonyl (C=O) groups excluding carboxylic acids is 1. The molecule has 1 N–H and O–H groups in total. The Morgan fingerprint density at radius 2 is 2.00 bits per heavy atom. The highest BCUT2D eigenvalue weighted by Crippen LogP contribution is 2.56. The molecule has 0 amide bonds. The summed E-state index contributed by atoms with van der Waals surface area (Å²) in [4.78, 5) is 12.2. The molecule has 2 fully saturated rings. The van der Waals surface area contributed by atoms with Crippen molar-refractivity contribution in [1.29, 1.82) is 0 Å². The molecule has 0 spiro atoms. The number of carbonyl (C=O) groups is 1. The zero-order chi connectivity index (χ0) is 17.1. The number of hydrogen-bond donors (Lipinski definition) is 1. The number of Topliss-reactive ketones (excluding diaryl/α,β-unsaturated/α-hetero) is 1. The lowest BCUT2D eigenvalue weighted by Gasteiger charge is -2.41. The van der Waals surface area contributed by atoms with Crippen LogP contribution in [0.5, 0.6) is 0 Å². The van der Waals surface area contributed by atoms with Gasteiger partial charge in [0.15, 0.2) is 0 Å². The smallest absolute Gasteiger partial charge is 0.136 e. The highest BCUT2D eigenvalue weighted by molar-refractivity contribution is 5.83. The molecule has 23 heavy (non-hydrogen) atoms. The molecule has 0 unspecified atom stereocenters. The van der Waals surface area contributed by atoms with E-state index in [-0.39, 0.29) is 5.41 Å². The fourth-order valence-electron chi connectivity index (χ4n) is 4.93. The maximum atomic E-state index is 12.2. The Labute approximate surface area is 142 Å². The Hall–Kier alpha value is -0.890. The first-order valence-electron chi connectivity index (χ1n) is 9.47. The Balaban J connectivity index is 2.01. The van der Waals surface area contributed by atoms with Crippen LogP contribution in [-0.4, -0.2) is 16.5 Å². The van der Waals surface area contributed by atoms with Gasteiger partial charge in [0.25, 0.3) is 0 Å². The first-order valence-corrected chi connectivity index (χ1v) is 9.47. The lowest BCUT2D eigenvalue weighted by atomic mass is 9.62. The summed E-state index contributed by atoms with van der Waals surface area (Å²) in [6.07, 6.45) is 15.1. The second kappa shape index (κ2) is 7.34. The highest BCUT2D eigenvalue weighted by atomic mass is 16.3. The minimum absolute atomic E-state index is 0.205. The maximum Gasteiger partial charge on any atom is 0.136 e. The third-order valence-corrected chi connectivity index (χ3v) is 6.73. The van der Waals surface area contributed by atoms with Gasteiger partial charge in [-0.05, 0) is 55.8 Å². The van der Waals surface area contributed by atoms with Gasteiger partial charge in [0.2, 0.25) is 0 Å². The SMILES string of the molecule is CCC(O)(/C=C/C=C/[C@@H](C)[C@H]1CC[C@H]2C(=O)CCC[C@]12C)CC. The van der Waals surface area contributed by atoms with E-state index < -0.39 is 5.60 Å². The minimum atomic E-state index is -0.673. The van der Waals surface area contributed by atoms with Gasteiger partial charge in [-0.1, -0.05) is 52.0 Å². The number of rotatable bonds is 6. The predicted molar refractivity (Wildman–Crippen MR) is 96.2 cm³/mol. The fraction of sp³-hybridized carbons (Fsp3) is 0.762. The van der Waals surface area contributed by atoms with E-state index in [2.05, 4.69) is 26.0 Å². The van der Waals surface area contributed by atoms with Gasteiger partial charge in [-0.15, -0.1) is 0 Å². The van der Waals surface area contributed by atoms with Crippen molar-refractivity contribution in [2.24, 2.45) is 23.2 Å². The van der Waals surface area contributed by atoms with Crippen LogP contribution in [0, 0.1) is 23.2 Å². The topological polar surface area (TPSA) is 37.3 Å². The lowest BCUT2D eigenvalue weighted by Crippen LogP contribution is -2.39. The van der Waals surface area contributed by atoms with Gasteiger partial charge in [0, 0.05) is 12.3 Å². The van der Waals surface area contributed by atoms with Crippen LogP contribution in [0.15, 0.2) is 24.3 Å². The zero-order valence-electron chi connectivity index (χ0n) is 15.3. The van der Waals surface area contributed by atoms with E-state index in [0.29, 0.717) is 23.5 Å². The van der Waals surface area contributed by atoms with E-state index in [1.54, 1.807) is 0 Å². The fourth-order valence-corrected chi connectivity index (χ4v) is 4.93. The molecule has 2 aliphatic carbocycles. The van der Waals surface area contributed by atoms with Crippen molar-refractivity contribution >= 4 is 5.78 Å². The molecule has 0 aromatic carbocycles. The average Bonchev–Trinajstić information content (AvgIpc) is 2.89. The summed E-state index contributed by atoms with van der Waals surface area (Å²) in [5.74, 6) is 1.90. The quantitative estimate of drug-likeness (QED) is 0.694. The molecule has 2 rings (SSSR count). The summed E-state index contributed by atoms with van der Waals surface area (Å²) in [5, 5.41) is 10.3. The molecule has 0 bridgehead atoms. The largest absolute Gasteiger partial charge is 0.386 e. The molecule has 2 aliphatic rings. The van der Waals surface area contributed by atoms with Crippen molar-refractivity contribution in [2.45, 2.75) is 78.2 Å². The van der Waals surface area contributed by atoms with E-state index in [1.165, 1.54) is 12.8 Å². The van der Waals surface area contributed by atoms with Crippen LogP contribution in [0.25, 0.3) is 0 Å². The predicted octanol–water partition coefficient (Wildman–Crippen LogP) is 5.07. The van der Waals surface area contributed by atoms with E-state index in [4.69, 9.17) is 0 Å². The molecule has 130 valence electrons. The Morgan fingerprint density at radius 3 is 2.65 bits per heavy atom. The van der Waals surface area contributed by atoms with Crippen LogP contribution in [0.1, 0.15) is 72.6 Å². The Kier molecular flexibility index (Phi) is 5.89. The molecule has 2 nitrogen and oxygen atoms in total. The zero-order valence-corrected chi connectivity index (χ0v) is 15.3. The van der Waals surface area contributed by atoms with Gasteiger partial charge >= 0.3 is 0 Å². The van der Waals surface area contributed by atoms with Crippen molar-refractivity contribution in [3.63, 3.8) is 0 Å². The van der Waals surface area contributed by atoms with E-state index in [0.717, 1.165) is 32.1 Å². The van der Waals surface area contributed by atoms with Crippen molar-refractivity contribution in [2.75, 3.05) is 0 Å². The molecule has 0 saturated heterocycles. The number of ketones is 1. The van der Waals surface area contributed by atoms with Gasteiger partial charge in [0.1, 0.15) is 5.78 Å². The van der Waals surface area contributed by atoms with Crippen LogP contribution in [0.3, 0.4) is 0 Å². The van der Waals surface area contributed by atoms with Crippen molar-refractivity contribution in [1.82, 2.24) is 0 Å². The van der Waals surface area contributed by atoms with Crippen molar-refractivity contribution in [3.05, 3.63) is 24.3 Å². The summed E-state index contributed by atoms with van der Waals surface area (Å²) < 4.78 is 0. The lowest BCUT2D eigenvalue weighted by molar-refractivity contribution is -0.129. The van der Waals surface area contributed by atoms with Gasteiger partial charge < -0.3 is 5.11 Å². The van der Waals surface area contributed by atoms with E-state index in [9.17, 15) is 9.90 Å². The summed E-state index contributed by atoms with van der Waals surface area (Å²) >= 11 is 0. The van der Waals surface area contributed by atoms with Gasteiger partial charge in [-0.2, -0.15) is 0 Å². The van der Waals surface area contributed by atoms with Gasteiger partial charge in [-0.3, -0.25) is 4.79 Å². The van der Waals surface area contributed by atoms with Gasteiger partial charge in [-0.25, -0.2) is 0 Å². The Morgan fingerprint density at radius 1 is 1.30 bits per heavy atom. The molecule has 2 heteroatoms. The number of hydrogen-bond acceptors (Lipinski definition) is 2. The van der Waals surface area contributed by atoms with Crippen LogP contribution in [0.2, 0.25) is 0 Å². The van der Waals surface area contributed by atoms with Crippen molar-refractivity contribution in [3.8, 4) is 0 Å². The summed E-state index contributed by atoms with van der Waals surface area (Å²) in [6.45, 7) is 8.66. The van der Waals surface area contributed by atoms with Crippen LogP contribution in [0.4, 0.5) is 0 Å². The number of fused-ring (bicyclic) bond motifs is 1. The number of aliphatic hydroxyl groups is 1. The highest BCUT2D eigenvalue weighted by Gasteiger charge is 2.51. The summed E-state index contributed by atoms with van der Waals surface area (Å²) in [6, 6.07) is 0. The van der Waals surface area contributed by atoms with Crippen LogP contribution >= 0.6 is 0 Å².